The maximum atomic E-state index is 12.4. The van der Waals surface area contributed by atoms with E-state index in [1.165, 1.54) is 36.4 Å². The third kappa shape index (κ3) is 4.67. The van der Waals surface area contributed by atoms with E-state index in [4.69, 9.17) is 0 Å². The molecule has 0 radical (unpaired) electrons. The van der Waals surface area contributed by atoms with E-state index in [1.807, 2.05) is 20.8 Å². The maximum absolute atomic E-state index is 12.4. The molecule has 2 aromatic carbocycles. The van der Waals surface area contributed by atoms with Crippen molar-refractivity contribution >= 4 is 15.7 Å². The van der Waals surface area contributed by atoms with Gasteiger partial charge in [-0.25, -0.2) is 8.42 Å². The molecule has 0 atom stereocenters. The number of hydrogen-bond acceptors (Lipinski definition) is 3. The molecule has 0 aliphatic rings. The van der Waals surface area contributed by atoms with Crippen molar-refractivity contribution in [3.63, 3.8) is 0 Å². The molecule has 0 aliphatic heterocycles. The number of alkyl halides is 2. The number of rotatable bonds is 5. The zero-order chi connectivity index (χ0) is 18.0. The lowest BCUT2D eigenvalue weighted by Crippen LogP contribution is -2.15. The number of halogens is 2. The average molecular weight is 355 g/mol. The monoisotopic (exact) mass is 355 g/mol. The van der Waals surface area contributed by atoms with Crippen LogP contribution < -0.4 is 9.46 Å². The summed E-state index contributed by atoms with van der Waals surface area (Å²) in [5.41, 5.74) is 1.21. The molecular formula is C17H19F2NO3S. The molecule has 0 bridgehead atoms. The van der Waals surface area contributed by atoms with Crippen LogP contribution in [-0.4, -0.2) is 15.0 Å². The number of nitrogens with one attached hydrogen (secondary N) is 1. The van der Waals surface area contributed by atoms with E-state index < -0.39 is 16.6 Å². The number of sulfonamides is 1. The fourth-order valence-electron chi connectivity index (χ4n) is 2.05. The Morgan fingerprint density at radius 2 is 1.50 bits per heavy atom. The highest BCUT2D eigenvalue weighted by molar-refractivity contribution is 7.92. The second-order valence-corrected chi connectivity index (χ2v) is 7.97. The summed E-state index contributed by atoms with van der Waals surface area (Å²) in [5, 5.41) is 0. The zero-order valence-corrected chi connectivity index (χ0v) is 14.4. The van der Waals surface area contributed by atoms with Gasteiger partial charge < -0.3 is 4.74 Å². The molecule has 0 saturated carbocycles. The Labute approximate surface area is 140 Å². The van der Waals surface area contributed by atoms with Crippen molar-refractivity contribution in [2.24, 2.45) is 0 Å². The Hall–Kier alpha value is -2.15. The minimum atomic E-state index is -3.75. The lowest BCUT2D eigenvalue weighted by molar-refractivity contribution is -0.0498. The van der Waals surface area contributed by atoms with Gasteiger partial charge in [0.15, 0.2) is 0 Å². The Morgan fingerprint density at radius 1 is 0.958 bits per heavy atom. The Bertz CT molecular complexity index is 780. The normalized spacial score (nSPS) is 12.2. The van der Waals surface area contributed by atoms with Crippen LogP contribution in [0.1, 0.15) is 26.3 Å². The molecule has 0 heterocycles. The third-order valence-electron chi connectivity index (χ3n) is 3.36. The topological polar surface area (TPSA) is 55.4 Å². The van der Waals surface area contributed by atoms with E-state index in [0.717, 1.165) is 5.56 Å². The average Bonchev–Trinajstić information content (AvgIpc) is 2.48. The summed E-state index contributed by atoms with van der Waals surface area (Å²) < 4.78 is 55.5. The van der Waals surface area contributed by atoms with Crippen LogP contribution in [0.3, 0.4) is 0 Å². The highest BCUT2D eigenvalue weighted by atomic mass is 32.2. The van der Waals surface area contributed by atoms with Crippen molar-refractivity contribution in [1.82, 2.24) is 0 Å². The first-order chi connectivity index (χ1) is 11.1. The number of anilines is 1. The Balaban J connectivity index is 2.16. The molecule has 0 aromatic heterocycles. The van der Waals surface area contributed by atoms with Crippen LogP contribution >= 0.6 is 0 Å². The lowest BCUT2D eigenvalue weighted by atomic mass is 9.87. The summed E-state index contributed by atoms with van der Waals surface area (Å²) in [7, 11) is -3.75. The van der Waals surface area contributed by atoms with E-state index in [1.54, 1.807) is 12.1 Å². The number of benzene rings is 2. The number of ether oxygens (including phenoxy) is 1. The Kier molecular flexibility index (Phi) is 5.13. The summed E-state index contributed by atoms with van der Waals surface area (Å²) in [5.74, 6) is -0.0394. The molecule has 0 aliphatic carbocycles. The third-order valence-corrected chi connectivity index (χ3v) is 4.76. The first kappa shape index (κ1) is 18.2. The van der Waals surface area contributed by atoms with Gasteiger partial charge in [0.25, 0.3) is 10.0 Å². The van der Waals surface area contributed by atoms with Gasteiger partial charge in [-0.1, -0.05) is 32.9 Å². The van der Waals surface area contributed by atoms with Crippen molar-refractivity contribution in [2.75, 3.05) is 4.72 Å². The fraction of sp³-hybridized carbons (Fsp3) is 0.294. The van der Waals surface area contributed by atoms with Crippen LogP contribution in [-0.2, 0) is 15.4 Å². The van der Waals surface area contributed by atoms with E-state index in [0.29, 0.717) is 0 Å². The SMILES string of the molecule is CC(C)(C)c1ccc(S(=O)(=O)Nc2ccc(OC(F)F)cc2)cc1. The van der Waals surface area contributed by atoms with Gasteiger partial charge in [-0.3, -0.25) is 4.72 Å². The van der Waals surface area contributed by atoms with Gasteiger partial charge in [-0.2, -0.15) is 8.78 Å². The van der Waals surface area contributed by atoms with Crippen LogP contribution in [0.5, 0.6) is 5.75 Å². The smallest absolute Gasteiger partial charge is 0.387 e. The maximum Gasteiger partial charge on any atom is 0.387 e. The summed E-state index contributed by atoms with van der Waals surface area (Å²) in [6.45, 7) is 3.20. The summed E-state index contributed by atoms with van der Waals surface area (Å²) in [6.07, 6.45) is 0. The van der Waals surface area contributed by atoms with E-state index in [-0.39, 0.29) is 21.7 Å². The predicted octanol–water partition coefficient (Wildman–Crippen LogP) is 4.39. The quantitative estimate of drug-likeness (QED) is 0.866. The van der Waals surface area contributed by atoms with Crippen molar-refractivity contribution < 1.29 is 21.9 Å². The van der Waals surface area contributed by atoms with Crippen molar-refractivity contribution in [3.05, 3.63) is 54.1 Å². The van der Waals surface area contributed by atoms with Gasteiger partial charge in [-0.15, -0.1) is 0 Å². The fourth-order valence-corrected chi connectivity index (χ4v) is 3.11. The molecule has 2 aromatic rings. The second kappa shape index (κ2) is 6.76. The number of hydrogen-bond donors (Lipinski definition) is 1. The molecule has 7 heteroatoms. The molecule has 2 rings (SSSR count). The minimum absolute atomic E-state index is 0.0394. The van der Waals surface area contributed by atoms with Crippen molar-refractivity contribution in [3.8, 4) is 5.75 Å². The van der Waals surface area contributed by atoms with Gasteiger partial charge in [0.05, 0.1) is 4.90 Å². The highest BCUT2D eigenvalue weighted by Gasteiger charge is 2.17. The lowest BCUT2D eigenvalue weighted by Gasteiger charge is -2.19. The van der Waals surface area contributed by atoms with Crippen LogP contribution in [0.2, 0.25) is 0 Å². The van der Waals surface area contributed by atoms with Gasteiger partial charge in [0.1, 0.15) is 5.75 Å². The highest BCUT2D eigenvalue weighted by Crippen LogP contribution is 2.25. The largest absolute Gasteiger partial charge is 0.435 e. The van der Waals surface area contributed by atoms with E-state index >= 15 is 0 Å². The molecule has 0 spiro atoms. The second-order valence-electron chi connectivity index (χ2n) is 6.28. The molecule has 4 nitrogen and oxygen atoms in total. The standard InChI is InChI=1S/C17H19F2NO3S/c1-17(2,3)12-4-10-15(11-5-12)24(21,22)20-13-6-8-14(9-7-13)23-16(18)19/h4-11,16,20H,1-3H3. The predicted molar refractivity (Wildman–Crippen MR) is 89.0 cm³/mol. The van der Waals surface area contributed by atoms with Gasteiger partial charge in [-0.05, 0) is 47.4 Å². The minimum Gasteiger partial charge on any atom is -0.435 e. The van der Waals surface area contributed by atoms with Crippen LogP contribution in [0, 0.1) is 0 Å². The molecule has 0 amide bonds. The van der Waals surface area contributed by atoms with Gasteiger partial charge in [0, 0.05) is 5.69 Å². The molecule has 130 valence electrons. The van der Waals surface area contributed by atoms with Crippen LogP contribution in [0.15, 0.2) is 53.4 Å². The molecule has 24 heavy (non-hydrogen) atoms. The first-order valence-electron chi connectivity index (χ1n) is 7.26. The van der Waals surface area contributed by atoms with Gasteiger partial charge in [0.2, 0.25) is 0 Å². The van der Waals surface area contributed by atoms with Crippen LogP contribution in [0.25, 0.3) is 0 Å². The zero-order valence-electron chi connectivity index (χ0n) is 13.6. The van der Waals surface area contributed by atoms with E-state index in [2.05, 4.69) is 9.46 Å². The first-order valence-corrected chi connectivity index (χ1v) is 8.74. The van der Waals surface area contributed by atoms with Crippen molar-refractivity contribution in [1.29, 1.82) is 0 Å². The molecule has 0 fully saturated rings. The molecule has 0 saturated heterocycles. The van der Waals surface area contributed by atoms with Crippen LogP contribution in [0.4, 0.5) is 14.5 Å². The molecule has 0 unspecified atom stereocenters. The van der Waals surface area contributed by atoms with Crippen molar-refractivity contribution in [2.45, 2.75) is 37.7 Å². The summed E-state index contributed by atoms with van der Waals surface area (Å²) >= 11 is 0. The summed E-state index contributed by atoms with van der Waals surface area (Å²) in [4.78, 5) is 0.128. The Morgan fingerprint density at radius 3 is 1.96 bits per heavy atom. The van der Waals surface area contributed by atoms with E-state index in [9.17, 15) is 17.2 Å². The molecule has 1 N–H and O–H groups in total. The molecular weight excluding hydrogens is 336 g/mol. The summed E-state index contributed by atoms with van der Waals surface area (Å²) in [6, 6.07) is 11.9. The van der Waals surface area contributed by atoms with Gasteiger partial charge >= 0.3 is 6.61 Å².